The number of fused-ring (bicyclic) bond motifs is 1. The monoisotopic (exact) mass is 175 g/mol. The van der Waals surface area contributed by atoms with Gasteiger partial charge in [0.25, 0.3) is 0 Å². The fraction of sp³-hybridized carbons (Fsp3) is 0.222. The van der Waals surface area contributed by atoms with Crippen LogP contribution < -0.4 is 0 Å². The highest BCUT2D eigenvalue weighted by molar-refractivity contribution is 5.81. The second-order valence-electron chi connectivity index (χ2n) is 2.98. The molecule has 0 aliphatic rings. The first-order valence-electron chi connectivity index (χ1n) is 3.99. The number of carbonyl (C=O) groups excluding carboxylic acids is 1. The molecule has 0 saturated heterocycles. The molecule has 2 aromatic rings. The number of carbonyl (C=O) groups is 1. The van der Waals surface area contributed by atoms with Gasteiger partial charge in [-0.25, -0.2) is 9.97 Å². The van der Waals surface area contributed by atoms with Gasteiger partial charge in [-0.05, 0) is 19.9 Å². The van der Waals surface area contributed by atoms with Crippen LogP contribution in [-0.2, 0) is 0 Å². The maximum Gasteiger partial charge on any atom is 0.172 e. The van der Waals surface area contributed by atoms with E-state index in [1.807, 2.05) is 19.9 Å². The third-order valence-corrected chi connectivity index (χ3v) is 1.96. The highest BCUT2D eigenvalue weighted by Crippen LogP contribution is 2.09. The predicted octanol–water partition coefficient (Wildman–Crippen LogP) is 1.16. The summed E-state index contributed by atoms with van der Waals surface area (Å²) in [6.45, 7) is 3.85. The van der Waals surface area contributed by atoms with Crippen LogP contribution >= 0.6 is 0 Å². The highest BCUT2D eigenvalue weighted by atomic mass is 16.1. The Balaban J connectivity index is 2.89. The summed E-state index contributed by atoms with van der Waals surface area (Å²) in [5.74, 6) is 0. The molecule has 2 heterocycles. The van der Waals surface area contributed by atoms with Crippen molar-refractivity contribution in [3.05, 3.63) is 29.5 Å². The lowest BCUT2D eigenvalue weighted by molar-refractivity contribution is 0.112. The van der Waals surface area contributed by atoms with E-state index in [0.29, 0.717) is 11.3 Å². The number of hydrogen-bond acceptors (Lipinski definition) is 3. The van der Waals surface area contributed by atoms with Crippen molar-refractivity contribution in [1.29, 1.82) is 0 Å². The van der Waals surface area contributed by atoms with Gasteiger partial charge in [0, 0.05) is 11.4 Å². The molecule has 2 aromatic heterocycles. The Morgan fingerprint density at radius 2 is 2.23 bits per heavy atom. The molecule has 0 fully saturated rings. The van der Waals surface area contributed by atoms with Gasteiger partial charge >= 0.3 is 0 Å². The smallest absolute Gasteiger partial charge is 0.172 e. The van der Waals surface area contributed by atoms with Gasteiger partial charge in [-0.1, -0.05) is 0 Å². The number of nitrogens with zero attached hydrogens (tertiary/aromatic N) is 3. The molecular weight excluding hydrogens is 166 g/mol. The second-order valence-corrected chi connectivity index (χ2v) is 2.98. The van der Waals surface area contributed by atoms with Gasteiger partial charge in [0.2, 0.25) is 0 Å². The number of imidazole rings is 1. The second kappa shape index (κ2) is 2.65. The van der Waals surface area contributed by atoms with Crippen molar-refractivity contribution >= 4 is 11.9 Å². The molecule has 0 amide bonds. The van der Waals surface area contributed by atoms with Crippen LogP contribution in [0, 0.1) is 13.8 Å². The molecule has 0 aliphatic heterocycles. The van der Waals surface area contributed by atoms with Gasteiger partial charge in [-0.3, -0.25) is 9.20 Å². The molecule has 0 aromatic carbocycles. The number of aromatic nitrogens is 3. The lowest BCUT2D eigenvalue weighted by Crippen LogP contribution is -1.95. The third kappa shape index (κ3) is 1.11. The minimum absolute atomic E-state index is 0.395. The summed E-state index contributed by atoms with van der Waals surface area (Å²) >= 11 is 0. The fourth-order valence-electron chi connectivity index (χ4n) is 1.38. The highest BCUT2D eigenvalue weighted by Gasteiger charge is 2.06. The minimum Gasteiger partial charge on any atom is -0.296 e. The van der Waals surface area contributed by atoms with Gasteiger partial charge in [-0.2, -0.15) is 0 Å². The van der Waals surface area contributed by atoms with Crippen molar-refractivity contribution in [2.45, 2.75) is 13.8 Å². The van der Waals surface area contributed by atoms with E-state index in [0.717, 1.165) is 17.7 Å². The van der Waals surface area contributed by atoms with E-state index in [1.54, 1.807) is 10.7 Å². The lowest BCUT2D eigenvalue weighted by Gasteiger charge is -2.00. The topological polar surface area (TPSA) is 47.3 Å². The molecule has 66 valence electrons. The van der Waals surface area contributed by atoms with Crippen LogP contribution in [0.2, 0.25) is 0 Å². The zero-order valence-electron chi connectivity index (χ0n) is 7.48. The third-order valence-electron chi connectivity index (χ3n) is 1.96. The van der Waals surface area contributed by atoms with Crippen LogP contribution in [0.25, 0.3) is 5.65 Å². The maximum absolute atomic E-state index is 10.6. The summed E-state index contributed by atoms with van der Waals surface area (Å²) in [6.07, 6.45) is 2.34. The molecule has 0 bridgehead atoms. The molecule has 4 nitrogen and oxygen atoms in total. The van der Waals surface area contributed by atoms with Gasteiger partial charge in [0.15, 0.2) is 11.9 Å². The Bertz CT molecular complexity index is 473. The van der Waals surface area contributed by atoms with Crippen LogP contribution in [0.1, 0.15) is 21.9 Å². The molecule has 0 spiro atoms. The number of hydrogen-bond donors (Lipinski definition) is 0. The molecule has 0 N–H and O–H groups in total. The number of aryl methyl sites for hydroxylation is 2. The Morgan fingerprint density at radius 1 is 1.46 bits per heavy atom. The van der Waals surface area contributed by atoms with Crippen molar-refractivity contribution in [3.63, 3.8) is 0 Å². The number of aldehydes is 1. The van der Waals surface area contributed by atoms with Gasteiger partial charge in [-0.15, -0.1) is 0 Å². The predicted molar refractivity (Wildman–Crippen MR) is 47.8 cm³/mol. The number of rotatable bonds is 1. The Hall–Kier alpha value is -1.71. The van der Waals surface area contributed by atoms with Crippen molar-refractivity contribution in [2.75, 3.05) is 0 Å². The van der Waals surface area contributed by atoms with E-state index < -0.39 is 0 Å². The molecule has 4 heteroatoms. The maximum atomic E-state index is 10.6. The Labute approximate surface area is 75.2 Å². The van der Waals surface area contributed by atoms with Gasteiger partial charge < -0.3 is 0 Å². The van der Waals surface area contributed by atoms with Crippen molar-refractivity contribution in [3.8, 4) is 0 Å². The summed E-state index contributed by atoms with van der Waals surface area (Å²) in [7, 11) is 0. The minimum atomic E-state index is 0.395. The Kier molecular flexibility index (Phi) is 1.62. The normalized spacial score (nSPS) is 10.6. The largest absolute Gasteiger partial charge is 0.296 e. The summed E-state index contributed by atoms with van der Waals surface area (Å²) in [5.41, 5.74) is 2.95. The summed E-state index contributed by atoms with van der Waals surface area (Å²) in [4.78, 5) is 18.8. The van der Waals surface area contributed by atoms with Crippen LogP contribution in [0.15, 0.2) is 12.4 Å². The van der Waals surface area contributed by atoms with E-state index in [1.165, 1.54) is 0 Å². The van der Waals surface area contributed by atoms with Crippen LogP contribution in [0.3, 0.4) is 0 Å². The van der Waals surface area contributed by atoms with Gasteiger partial charge in [0.05, 0.1) is 0 Å². The molecule has 0 aliphatic carbocycles. The van der Waals surface area contributed by atoms with Crippen molar-refractivity contribution in [1.82, 2.24) is 14.4 Å². The standard InChI is InChI=1S/C9H9N3O/c1-6-3-7(2)12-5-10-8(4-13)9(12)11-6/h3-5H,1-2H3. The van der Waals surface area contributed by atoms with Crippen LogP contribution in [0.4, 0.5) is 0 Å². The first kappa shape index (κ1) is 7.91. The molecule has 2 rings (SSSR count). The van der Waals surface area contributed by atoms with Crippen LogP contribution in [-0.4, -0.2) is 20.7 Å². The van der Waals surface area contributed by atoms with E-state index in [4.69, 9.17) is 0 Å². The quantitative estimate of drug-likeness (QED) is 0.611. The van der Waals surface area contributed by atoms with Gasteiger partial charge in [0.1, 0.15) is 12.0 Å². The summed E-state index contributed by atoms with van der Waals surface area (Å²) in [5, 5.41) is 0. The fourth-order valence-corrected chi connectivity index (χ4v) is 1.38. The molecule has 0 unspecified atom stereocenters. The van der Waals surface area contributed by atoms with Crippen LogP contribution in [0.5, 0.6) is 0 Å². The average molecular weight is 175 g/mol. The van der Waals surface area contributed by atoms with E-state index in [9.17, 15) is 4.79 Å². The van der Waals surface area contributed by atoms with Crippen molar-refractivity contribution in [2.24, 2.45) is 0 Å². The summed E-state index contributed by atoms with van der Waals surface area (Å²) < 4.78 is 1.80. The van der Waals surface area contributed by atoms with E-state index in [2.05, 4.69) is 9.97 Å². The first-order valence-corrected chi connectivity index (χ1v) is 3.99. The van der Waals surface area contributed by atoms with E-state index >= 15 is 0 Å². The summed E-state index contributed by atoms with van der Waals surface area (Å²) in [6, 6.07) is 1.95. The average Bonchev–Trinajstić information content (AvgIpc) is 2.47. The Morgan fingerprint density at radius 3 is 2.92 bits per heavy atom. The molecule has 0 atom stereocenters. The first-order chi connectivity index (χ1) is 6.22. The molecule has 0 radical (unpaired) electrons. The zero-order chi connectivity index (χ0) is 9.42. The lowest BCUT2D eigenvalue weighted by atomic mass is 10.3. The zero-order valence-corrected chi connectivity index (χ0v) is 7.48. The van der Waals surface area contributed by atoms with E-state index in [-0.39, 0.29) is 0 Å². The molecule has 0 saturated carbocycles. The molecular formula is C9H9N3O. The van der Waals surface area contributed by atoms with Crippen molar-refractivity contribution < 1.29 is 4.79 Å². The molecule has 13 heavy (non-hydrogen) atoms. The SMILES string of the molecule is Cc1cc(C)n2cnc(C=O)c2n1.